The first-order valence-corrected chi connectivity index (χ1v) is 10.1. The van der Waals surface area contributed by atoms with Crippen LogP contribution in [0.25, 0.3) is 6.08 Å². The predicted molar refractivity (Wildman–Crippen MR) is 103 cm³/mol. The third-order valence-corrected chi connectivity index (χ3v) is 6.09. The van der Waals surface area contributed by atoms with E-state index in [2.05, 4.69) is 10.4 Å². The zero-order valence-corrected chi connectivity index (χ0v) is 16.5. The van der Waals surface area contributed by atoms with Gasteiger partial charge in [-0.15, -0.1) is 0 Å². The van der Waals surface area contributed by atoms with Crippen molar-refractivity contribution in [3.63, 3.8) is 0 Å². The van der Waals surface area contributed by atoms with E-state index in [0.29, 0.717) is 24.6 Å². The van der Waals surface area contributed by atoms with Crippen molar-refractivity contribution in [2.75, 3.05) is 38.7 Å². The standard InChI is InChI=1S/C18H22N4O5S/c1-21-8-7-17(20-21)19-18(23)6-4-14-3-5-15(26-2)16(13-14)28(24,25)22-9-11-27-12-10-22/h3-8,13H,9-12H2,1-2H3,(H,19,20,23)/b6-4+. The van der Waals surface area contributed by atoms with Crippen molar-refractivity contribution in [1.29, 1.82) is 0 Å². The summed E-state index contributed by atoms with van der Waals surface area (Å²) in [5.41, 5.74) is 0.559. The lowest BCUT2D eigenvalue weighted by atomic mass is 10.2. The van der Waals surface area contributed by atoms with Gasteiger partial charge in [-0.25, -0.2) is 8.42 Å². The monoisotopic (exact) mass is 406 g/mol. The van der Waals surface area contributed by atoms with Crippen molar-refractivity contribution in [3.8, 4) is 5.75 Å². The largest absolute Gasteiger partial charge is 0.495 e. The van der Waals surface area contributed by atoms with Crippen LogP contribution in [-0.4, -0.2) is 61.8 Å². The second-order valence-corrected chi connectivity index (χ2v) is 8.03. The lowest BCUT2D eigenvalue weighted by Gasteiger charge is -2.26. The highest BCUT2D eigenvalue weighted by Crippen LogP contribution is 2.28. The van der Waals surface area contributed by atoms with E-state index >= 15 is 0 Å². The Morgan fingerprint density at radius 3 is 2.68 bits per heavy atom. The molecule has 28 heavy (non-hydrogen) atoms. The van der Waals surface area contributed by atoms with E-state index in [4.69, 9.17) is 9.47 Å². The van der Waals surface area contributed by atoms with Crippen LogP contribution in [0, 0.1) is 0 Å². The fraction of sp³-hybridized carbons (Fsp3) is 0.333. The molecule has 1 amide bonds. The van der Waals surface area contributed by atoms with Gasteiger partial charge in [0.2, 0.25) is 15.9 Å². The number of anilines is 1. The summed E-state index contributed by atoms with van der Waals surface area (Å²) >= 11 is 0. The number of amides is 1. The van der Waals surface area contributed by atoms with Crippen LogP contribution >= 0.6 is 0 Å². The second kappa shape index (κ2) is 8.55. The van der Waals surface area contributed by atoms with E-state index in [0.717, 1.165) is 0 Å². The number of hydrogen-bond donors (Lipinski definition) is 1. The highest BCUT2D eigenvalue weighted by Gasteiger charge is 2.29. The number of carbonyl (C=O) groups is 1. The van der Waals surface area contributed by atoms with E-state index in [1.165, 1.54) is 29.6 Å². The lowest BCUT2D eigenvalue weighted by Crippen LogP contribution is -2.40. The number of aromatic nitrogens is 2. The Morgan fingerprint density at radius 2 is 2.04 bits per heavy atom. The summed E-state index contributed by atoms with van der Waals surface area (Å²) in [6.45, 7) is 1.29. The molecule has 1 fully saturated rings. The summed E-state index contributed by atoms with van der Waals surface area (Å²) in [6.07, 6.45) is 4.57. The number of carbonyl (C=O) groups excluding carboxylic acids is 1. The van der Waals surface area contributed by atoms with E-state index in [1.807, 2.05) is 0 Å². The minimum atomic E-state index is -3.73. The van der Waals surface area contributed by atoms with Gasteiger partial charge in [0.1, 0.15) is 10.6 Å². The first-order chi connectivity index (χ1) is 13.4. The molecule has 0 spiro atoms. The third-order valence-electron chi connectivity index (χ3n) is 4.17. The molecular formula is C18H22N4O5S. The minimum absolute atomic E-state index is 0.0594. The summed E-state index contributed by atoms with van der Waals surface area (Å²) < 4.78 is 39.4. The maximum absolute atomic E-state index is 13.0. The number of hydrogen-bond acceptors (Lipinski definition) is 6. The Hall–Kier alpha value is -2.69. The lowest BCUT2D eigenvalue weighted by molar-refractivity contribution is -0.111. The fourth-order valence-corrected chi connectivity index (χ4v) is 4.34. The molecule has 0 saturated carbocycles. The fourth-order valence-electron chi connectivity index (χ4n) is 2.75. The number of sulfonamides is 1. The molecule has 1 N–H and O–H groups in total. The van der Waals surface area contributed by atoms with Crippen LogP contribution < -0.4 is 10.1 Å². The van der Waals surface area contributed by atoms with Gasteiger partial charge in [-0.1, -0.05) is 6.07 Å². The number of aryl methyl sites for hydroxylation is 1. The number of nitrogens with one attached hydrogen (secondary N) is 1. The molecule has 0 unspecified atom stereocenters. The molecule has 1 aliphatic heterocycles. The highest BCUT2D eigenvalue weighted by atomic mass is 32.2. The molecular weight excluding hydrogens is 384 g/mol. The van der Waals surface area contributed by atoms with Crippen LogP contribution in [-0.2, 0) is 26.6 Å². The van der Waals surface area contributed by atoms with Crippen molar-refractivity contribution in [2.45, 2.75) is 4.90 Å². The predicted octanol–water partition coefficient (Wildman–Crippen LogP) is 1.10. The number of ether oxygens (including phenoxy) is 2. The van der Waals surface area contributed by atoms with Crippen molar-refractivity contribution >= 4 is 27.8 Å². The Balaban J connectivity index is 1.81. The van der Waals surface area contributed by atoms with Gasteiger partial charge in [0, 0.05) is 38.5 Å². The molecule has 10 heteroatoms. The van der Waals surface area contributed by atoms with Crippen LogP contribution in [0.1, 0.15) is 5.56 Å². The van der Waals surface area contributed by atoms with Crippen LogP contribution in [0.2, 0.25) is 0 Å². The Bertz CT molecular complexity index is 978. The zero-order chi connectivity index (χ0) is 20.1. The first kappa shape index (κ1) is 20.1. The SMILES string of the molecule is COc1ccc(/C=C/C(=O)Nc2ccn(C)n2)cc1S(=O)(=O)N1CCOCC1. The molecule has 150 valence electrons. The van der Waals surface area contributed by atoms with E-state index in [1.54, 1.807) is 36.1 Å². The molecule has 0 atom stereocenters. The molecule has 1 saturated heterocycles. The first-order valence-electron chi connectivity index (χ1n) is 8.65. The van der Waals surface area contributed by atoms with Crippen LogP contribution in [0.4, 0.5) is 5.82 Å². The van der Waals surface area contributed by atoms with Crippen molar-refractivity contribution in [2.24, 2.45) is 7.05 Å². The molecule has 1 aromatic carbocycles. The van der Waals surface area contributed by atoms with Crippen LogP contribution in [0.3, 0.4) is 0 Å². The summed E-state index contributed by atoms with van der Waals surface area (Å²) in [5, 5.41) is 6.70. The van der Waals surface area contributed by atoms with E-state index in [-0.39, 0.29) is 29.6 Å². The summed E-state index contributed by atoms with van der Waals surface area (Å²) in [7, 11) is -0.561. The zero-order valence-electron chi connectivity index (χ0n) is 15.7. The Labute approximate surface area is 163 Å². The number of rotatable bonds is 6. The molecule has 2 heterocycles. The quantitative estimate of drug-likeness (QED) is 0.721. The molecule has 1 aromatic heterocycles. The third kappa shape index (κ3) is 4.58. The molecule has 0 radical (unpaired) electrons. The molecule has 1 aliphatic rings. The van der Waals surface area contributed by atoms with Crippen LogP contribution in [0.5, 0.6) is 5.75 Å². The van der Waals surface area contributed by atoms with Crippen LogP contribution in [0.15, 0.2) is 41.4 Å². The Kier molecular flexibility index (Phi) is 6.12. The summed E-state index contributed by atoms with van der Waals surface area (Å²) in [5.74, 6) is 0.316. The number of benzene rings is 1. The van der Waals surface area contributed by atoms with Gasteiger partial charge in [-0.3, -0.25) is 9.48 Å². The molecule has 2 aromatic rings. The maximum atomic E-state index is 13.0. The van der Waals surface area contributed by atoms with E-state index < -0.39 is 10.0 Å². The summed E-state index contributed by atoms with van der Waals surface area (Å²) in [4.78, 5) is 12.1. The highest BCUT2D eigenvalue weighted by molar-refractivity contribution is 7.89. The number of morpholine rings is 1. The molecule has 3 rings (SSSR count). The van der Waals surface area contributed by atoms with Crippen molar-refractivity contribution in [1.82, 2.24) is 14.1 Å². The van der Waals surface area contributed by atoms with E-state index in [9.17, 15) is 13.2 Å². The second-order valence-electron chi connectivity index (χ2n) is 6.12. The Morgan fingerprint density at radius 1 is 1.29 bits per heavy atom. The molecule has 9 nitrogen and oxygen atoms in total. The van der Waals surface area contributed by atoms with Gasteiger partial charge in [-0.05, 0) is 23.8 Å². The van der Waals surface area contributed by atoms with Gasteiger partial charge >= 0.3 is 0 Å². The number of nitrogens with zero attached hydrogens (tertiary/aromatic N) is 3. The minimum Gasteiger partial charge on any atom is -0.495 e. The summed E-state index contributed by atoms with van der Waals surface area (Å²) in [6, 6.07) is 6.42. The number of methoxy groups -OCH3 is 1. The van der Waals surface area contributed by atoms with Gasteiger partial charge in [-0.2, -0.15) is 9.40 Å². The van der Waals surface area contributed by atoms with Gasteiger partial charge in [0.25, 0.3) is 0 Å². The average molecular weight is 406 g/mol. The molecule has 0 bridgehead atoms. The molecule has 0 aliphatic carbocycles. The smallest absolute Gasteiger partial charge is 0.249 e. The maximum Gasteiger partial charge on any atom is 0.249 e. The van der Waals surface area contributed by atoms with Crippen molar-refractivity contribution < 1.29 is 22.7 Å². The van der Waals surface area contributed by atoms with Crippen molar-refractivity contribution in [3.05, 3.63) is 42.1 Å². The van der Waals surface area contributed by atoms with Gasteiger partial charge < -0.3 is 14.8 Å². The topological polar surface area (TPSA) is 103 Å². The van der Waals surface area contributed by atoms with Gasteiger partial charge in [0.05, 0.1) is 20.3 Å². The van der Waals surface area contributed by atoms with Gasteiger partial charge in [0.15, 0.2) is 5.82 Å². The average Bonchev–Trinajstić information content (AvgIpc) is 3.11. The normalized spacial score (nSPS) is 15.6.